The van der Waals surface area contributed by atoms with Gasteiger partial charge in [-0.15, -0.1) is 10.2 Å². The molecule has 0 radical (unpaired) electrons. The molecule has 0 aromatic carbocycles. The zero-order valence-corrected chi connectivity index (χ0v) is 17.8. The van der Waals surface area contributed by atoms with Gasteiger partial charge in [0.15, 0.2) is 11.0 Å². The molecule has 0 bridgehead atoms. The first-order valence-electron chi connectivity index (χ1n) is 10.3. The normalized spacial score (nSPS) is 20.2. The predicted molar refractivity (Wildman–Crippen MR) is 106 cm³/mol. The van der Waals surface area contributed by atoms with Gasteiger partial charge in [-0.1, -0.05) is 37.9 Å². The molecule has 1 amide bonds. The van der Waals surface area contributed by atoms with Crippen molar-refractivity contribution in [3.05, 3.63) is 5.82 Å². The summed E-state index contributed by atoms with van der Waals surface area (Å²) in [6.07, 6.45) is 7.27. The van der Waals surface area contributed by atoms with Crippen molar-refractivity contribution in [1.29, 1.82) is 0 Å². The molecule has 27 heavy (non-hydrogen) atoms. The first kappa shape index (κ1) is 20.6. The van der Waals surface area contributed by atoms with Crippen LogP contribution in [0.25, 0.3) is 0 Å². The minimum atomic E-state index is 0.174. The number of nitrogens with one attached hydrogen (secondary N) is 1. The van der Waals surface area contributed by atoms with Gasteiger partial charge in [-0.25, -0.2) is 0 Å². The SMILES string of the molecule is CC[C@H](c1nnc(SCC(=O)N2CCOCC2)n1C1CCCCC1)[NH+](C)C. The van der Waals surface area contributed by atoms with E-state index in [2.05, 4.69) is 35.8 Å². The zero-order valence-electron chi connectivity index (χ0n) is 16.9. The maximum Gasteiger partial charge on any atom is 0.233 e. The minimum Gasteiger partial charge on any atom is -0.378 e. The van der Waals surface area contributed by atoms with E-state index < -0.39 is 0 Å². The van der Waals surface area contributed by atoms with Crippen LogP contribution in [0.3, 0.4) is 0 Å². The van der Waals surface area contributed by atoms with Crippen LogP contribution in [0.4, 0.5) is 0 Å². The lowest BCUT2D eigenvalue weighted by atomic mass is 9.95. The third kappa shape index (κ3) is 5.03. The van der Waals surface area contributed by atoms with Crippen LogP contribution in [0, 0.1) is 0 Å². The highest BCUT2D eigenvalue weighted by Gasteiger charge is 2.30. The second kappa shape index (κ2) is 9.89. The van der Waals surface area contributed by atoms with Gasteiger partial charge in [-0.3, -0.25) is 9.36 Å². The van der Waals surface area contributed by atoms with E-state index in [1.54, 1.807) is 11.8 Å². The highest BCUT2D eigenvalue weighted by atomic mass is 32.2. The standard InChI is InChI=1S/C19H33N5O2S/c1-4-16(22(2)3)18-20-21-19(24(18)15-8-6-5-7-9-15)27-14-17(25)23-10-12-26-13-11-23/h15-16H,4-14H2,1-3H3/p+1/t16-/m1/s1. The quantitative estimate of drug-likeness (QED) is 0.705. The van der Waals surface area contributed by atoms with Crippen LogP contribution >= 0.6 is 11.8 Å². The van der Waals surface area contributed by atoms with E-state index in [1.807, 2.05) is 4.90 Å². The number of nitrogens with zero attached hydrogens (tertiary/aromatic N) is 4. The highest BCUT2D eigenvalue weighted by Crippen LogP contribution is 2.34. The van der Waals surface area contributed by atoms with Crippen molar-refractivity contribution in [2.24, 2.45) is 0 Å². The van der Waals surface area contributed by atoms with Gasteiger partial charge in [0, 0.05) is 25.6 Å². The van der Waals surface area contributed by atoms with E-state index in [1.165, 1.54) is 37.0 Å². The van der Waals surface area contributed by atoms with E-state index in [0.29, 0.717) is 44.1 Å². The molecule has 1 saturated carbocycles. The van der Waals surface area contributed by atoms with Crippen molar-refractivity contribution < 1.29 is 14.4 Å². The predicted octanol–water partition coefficient (Wildman–Crippen LogP) is 1.33. The second-order valence-electron chi connectivity index (χ2n) is 7.82. The molecule has 1 saturated heterocycles. The summed E-state index contributed by atoms with van der Waals surface area (Å²) in [5, 5.41) is 10.0. The summed E-state index contributed by atoms with van der Waals surface area (Å²) in [5.41, 5.74) is 0. The lowest BCUT2D eigenvalue weighted by Crippen LogP contribution is -3.06. The number of rotatable bonds is 7. The van der Waals surface area contributed by atoms with Crippen molar-refractivity contribution >= 4 is 17.7 Å². The number of carbonyl (C=O) groups is 1. The Morgan fingerprint density at radius 1 is 1.22 bits per heavy atom. The number of hydrogen-bond donors (Lipinski definition) is 1. The summed E-state index contributed by atoms with van der Waals surface area (Å²) in [4.78, 5) is 15.8. The van der Waals surface area contributed by atoms with Crippen molar-refractivity contribution in [3.63, 3.8) is 0 Å². The zero-order chi connectivity index (χ0) is 19.2. The fourth-order valence-electron chi connectivity index (χ4n) is 4.19. The topological polar surface area (TPSA) is 64.7 Å². The molecular weight excluding hydrogens is 362 g/mol. The average molecular weight is 397 g/mol. The van der Waals surface area contributed by atoms with E-state index >= 15 is 0 Å². The Balaban J connectivity index is 1.76. The van der Waals surface area contributed by atoms with Gasteiger partial charge >= 0.3 is 0 Å². The second-order valence-corrected chi connectivity index (χ2v) is 8.77. The number of hydrogen-bond acceptors (Lipinski definition) is 5. The number of carbonyl (C=O) groups excluding carboxylic acids is 1. The number of quaternary nitrogens is 1. The number of ether oxygens (including phenoxy) is 1. The van der Waals surface area contributed by atoms with Crippen molar-refractivity contribution in [2.75, 3.05) is 46.2 Å². The third-order valence-corrected chi connectivity index (χ3v) is 6.66. The van der Waals surface area contributed by atoms with Crippen LogP contribution in [0.5, 0.6) is 0 Å². The molecule has 152 valence electrons. The molecular formula is C19H34N5O2S+. The number of aromatic nitrogens is 3. The van der Waals surface area contributed by atoms with Crippen LogP contribution in [-0.2, 0) is 9.53 Å². The largest absolute Gasteiger partial charge is 0.378 e. The highest BCUT2D eigenvalue weighted by molar-refractivity contribution is 7.99. The van der Waals surface area contributed by atoms with Gasteiger partial charge in [-0.05, 0) is 12.8 Å². The fraction of sp³-hybridized carbons (Fsp3) is 0.842. The van der Waals surface area contributed by atoms with Gasteiger partial charge in [0.25, 0.3) is 0 Å². The Labute approximate surface area is 166 Å². The first-order valence-corrected chi connectivity index (χ1v) is 11.3. The Morgan fingerprint density at radius 3 is 2.56 bits per heavy atom. The fourth-order valence-corrected chi connectivity index (χ4v) is 5.10. The van der Waals surface area contributed by atoms with Gasteiger partial charge in [-0.2, -0.15) is 0 Å². The molecule has 3 rings (SSSR count). The molecule has 1 aromatic rings. The van der Waals surface area contributed by atoms with Crippen molar-refractivity contribution in [2.45, 2.75) is 62.7 Å². The van der Waals surface area contributed by atoms with Crippen LogP contribution in [0.15, 0.2) is 5.16 Å². The molecule has 2 fully saturated rings. The van der Waals surface area contributed by atoms with Gasteiger partial charge in [0.05, 0.1) is 33.1 Å². The molecule has 7 nitrogen and oxygen atoms in total. The Morgan fingerprint density at radius 2 is 1.93 bits per heavy atom. The van der Waals surface area contributed by atoms with Gasteiger partial charge in [0.2, 0.25) is 5.91 Å². The van der Waals surface area contributed by atoms with Crippen LogP contribution in [-0.4, -0.2) is 71.7 Å². The molecule has 1 aromatic heterocycles. The summed E-state index contributed by atoms with van der Waals surface area (Å²) in [7, 11) is 4.37. The Bertz CT molecular complexity index is 609. The maximum absolute atomic E-state index is 12.6. The van der Waals surface area contributed by atoms with Crippen molar-refractivity contribution in [3.8, 4) is 0 Å². The summed E-state index contributed by atoms with van der Waals surface area (Å²) in [5.74, 6) is 1.69. The molecule has 8 heteroatoms. The lowest BCUT2D eigenvalue weighted by molar-refractivity contribution is -0.893. The summed E-state index contributed by atoms with van der Waals surface area (Å²) in [6, 6.07) is 0.807. The molecule has 1 aliphatic carbocycles. The van der Waals surface area contributed by atoms with Crippen molar-refractivity contribution in [1.82, 2.24) is 19.7 Å². The van der Waals surface area contributed by atoms with Crippen LogP contribution in [0.2, 0.25) is 0 Å². The van der Waals surface area contributed by atoms with E-state index in [0.717, 1.165) is 17.4 Å². The van der Waals surface area contributed by atoms with E-state index in [4.69, 9.17) is 4.74 Å². The summed E-state index contributed by atoms with van der Waals surface area (Å²) < 4.78 is 7.72. The Kier molecular flexibility index (Phi) is 7.55. The molecule has 0 unspecified atom stereocenters. The monoisotopic (exact) mass is 396 g/mol. The third-order valence-electron chi connectivity index (χ3n) is 5.74. The van der Waals surface area contributed by atoms with Gasteiger partial charge < -0.3 is 14.5 Å². The van der Waals surface area contributed by atoms with Crippen LogP contribution < -0.4 is 4.90 Å². The van der Waals surface area contributed by atoms with Gasteiger partial charge in [0.1, 0.15) is 6.04 Å². The van der Waals surface area contributed by atoms with Crippen LogP contribution in [0.1, 0.15) is 63.4 Å². The smallest absolute Gasteiger partial charge is 0.233 e. The minimum absolute atomic E-state index is 0.174. The molecule has 1 N–H and O–H groups in total. The molecule has 1 aliphatic heterocycles. The number of morpholine rings is 1. The molecule has 1 atom stereocenters. The molecule has 2 heterocycles. The average Bonchev–Trinajstić information content (AvgIpc) is 3.11. The Hall–Kier alpha value is -1.12. The van der Waals surface area contributed by atoms with E-state index in [-0.39, 0.29) is 5.91 Å². The maximum atomic E-state index is 12.6. The number of amides is 1. The number of thioether (sulfide) groups is 1. The lowest BCUT2D eigenvalue weighted by Gasteiger charge is -2.29. The summed E-state index contributed by atoms with van der Waals surface area (Å²) >= 11 is 1.55. The summed E-state index contributed by atoms with van der Waals surface area (Å²) in [6.45, 7) is 4.89. The molecule has 0 spiro atoms. The molecule has 2 aliphatic rings. The van der Waals surface area contributed by atoms with E-state index in [9.17, 15) is 4.79 Å². The first-order chi connectivity index (χ1) is 13.1.